The minimum Gasteiger partial charge on any atom is -0.338 e. The fourth-order valence-corrected chi connectivity index (χ4v) is 2.15. The summed E-state index contributed by atoms with van der Waals surface area (Å²) in [6.45, 7) is 4.94. The Morgan fingerprint density at radius 2 is 2.50 bits per heavy atom. The molecule has 1 saturated heterocycles. The second-order valence-corrected chi connectivity index (χ2v) is 3.74. The average molecular weight is 194 g/mol. The molecule has 1 aliphatic heterocycles. The lowest BCUT2D eigenvalue weighted by Gasteiger charge is -2.24. The number of aromatic nitrogens is 2. The molecule has 0 aromatic carbocycles. The van der Waals surface area contributed by atoms with Crippen LogP contribution in [0.1, 0.15) is 19.8 Å². The lowest BCUT2D eigenvalue weighted by molar-refractivity contribution is 0.639. The Balaban J connectivity index is 2.21. The molecular formula is C10H18N4. The highest BCUT2D eigenvalue weighted by Gasteiger charge is 2.25. The van der Waals surface area contributed by atoms with Crippen molar-refractivity contribution in [2.24, 2.45) is 5.73 Å². The second-order valence-electron chi connectivity index (χ2n) is 3.74. The second kappa shape index (κ2) is 4.00. The summed E-state index contributed by atoms with van der Waals surface area (Å²) in [5, 5.41) is 0. The van der Waals surface area contributed by atoms with Crippen LogP contribution in [-0.4, -0.2) is 28.7 Å². The van der Waals surface area contributed by atoms with Gasteiger partial charge in [-0.1, -0.05) is 0 Å². The largest absolute Gasteiger partial charge is 0.338 e. The van der Waals surface area contributed by atoms with E-state index in [0.717, 1.165) is 25.6 Å². The maximum absolute atomic E-state index is 5.74. The molecule has 1 fully saturated rings. The van der Waals surface area contributed by atoms with E-state index in [2.05, 4.69) is 21.4 Å². The fraction of sp³-hybridized carbons (Fsp3) is 0.700. The van der Waals surface area contributed by atoms with E-state index < -0.39 is 0 Å². The van der Waals surface area contributed by atoms with Crippen molar-refractivity contribution in [3.05, 3.63) is 12.4 Å². The first kappa shape index (κ1) is 9.52. The number of nitrogens with two attached hydrogens (primary N) is 1. The van der Waals surface area contributed by atoms with Crippen LogP contribution in [-0.2, 0) is 6.54 Å². The Bertz CT molecular complexity index is 294. The van der Waals surface area contributed by atoms with Gasteiger partial charge in [0, 0.05) is 38.1 Å². The fourth-order valence-electron chi connectivity index (χ4n) is 2.15. The smallest absolute Gasteiger partial charge is 0.205 e. The molecule has 2 heterocycles. The number of rotatable bonds is 3. The molecule has 1 atom stereocenters. The van der Waals surface area contributed by atoms with Crippen molar-refractivity contribution in [1.82, 2.24) is 9.55 Å². The summed E-state index contributed by atoms with van der Waals surface area (Å²) in [5.41, 5.74) is 5.74. The van der Waals surface area contributed by atoms with E-state index in [9.17, 15) is 0 Å². The van der Waals surface area contributed by atoms with Crippen molar-refractivity contribution in [2.45, 2.75) is 32.4 Å². The zero-order valence-corrected chi connectivity index (χ0v) is 8.69. The SMILES string of the molecule is CCn1ccnc1N1CCCC1CN. The Morgan fingerprint density at radius 1 is 1.64 bits per heavy atom. The van der Waals surface area contributed by atoms with E-state index in [0.29, 0.717) is 6.04 Å². The van der Waals surface area contributed by atoms with Crippen LogP contribution in [0.4, 0.5) is 5.95 Å². The Kier molecular flexibility index (Phi) is 2.72. The molecule has 0 aliphatic carbocycles. The summed E-state index contributed by atoms with van der Waals surface area (Å²) in [6, 6.07) is 0.489. The van der Waals surface area contributed by atoms with Gasteiger partial charge in [-0.05, 0) is 19.8 Å². The number of imidazole rings is 1. The van der Waals surface area contributed by atoms with E-state index in [1.54, 1.807) is 0 Å². The first-order chi connectivity index (χ1) is 6.86. The third kappa shape index (κ3) is 1.50. The van der Waals surface area contributed by atoms with E-state index in [-0.39, 0.29) is 0 Å². The van der Waals surface area contributed by atoms with E-state index >= 15 is 0 Å². The topological polar surface area (TPSA) is 47.1 Å². The van der Waals surface area contributed by atoms with Crippen molar-refractivity contribution >= 4 is 5.95 Å². The van der Waals surface area contributed by atoms with Gasteiger partial charge in [-0.25, -0.2) is 4.98 Å². The average Bonchev–Trinajstić information content (AvgIpc) is 2.85. The van der Waals surface area contributed by atoms with Crippen LogP contribution < -0.4 is 10.6 Å². The molecule has 2 N–H and O–H groups in total. The molecule has 78 valence electrons. The van der Waals surface area contributed by atoms with Gasteiger partial charge in [0.1, 0.15) is 0 Å². The zero-order chi connectivity index (χ0) is 9.97. The normalized spacial score (nSPS) is 21.9. The molecule has 0 amide bonds. The first-order valence-electron chi connectivity index (χ1n) is 5.34. The van der Waals surface area contributed by atoms with Gasteiger partial charge >= 0.3 is 0 Å². The molecule has 0 saturated carbocycles. The maximum Gasteiger partial charge on any atom is 0.205 e. The molecule has 14 heavy (non-hydrogen) atoms. The number of hydrogen-bond acceptors (Lipinski definition) is 3. The van der Waals surface area contributed by atoms with Gasteiger partial charge in [0.25, 0.3) is 0 Å². The molecular weight excluding hydrogens is 176 g/mol. The van der Waals surface area contributed by atoms with Crippen molar-refractivity contribution in [3.63, 3.8) is 0 Å². The standard InChI is InChI=1S/C10H18N4/c1-2-13-7-5-12-10(13)14-6-3-4-9(14)8-11/h5,7,9H,2-4,6,8,11H2,1H3. The van der Waals surface area contributed by atoms with Gasteiger partial charge in [0.2, 0.25) is 5.95 Å². The molecule has 2 rings (SSSR count). The Hall–Kier alpha value is -1.03. The lowest BCUT2D eigenvalue weighted by Crippen LogP contribution is -2.37. The van der Waals surface area contributed by atoms with Crippen molar-refractivity contribution in [3.8, 4) is 0 Å². The van der Waals surface area contributed by atoms with Crippen molar-refractivity contribution in [2.75, 3.05) is 18.0 Å². The predicted octanol–water partition coefficient (Wildman–Crippen LogP) is 0.830. The van der Waals surface area contributed by atoms with Crippen molar-refractivity contribution in [1.29, 1.82) is 0 Å². The van der Waals surface area contributed by atoms with Crippen LogP contribution in [0.5, 0.6) is 0 Å². The van der Waals surface area contributed by atoms with Crippen LogP contribution in [0.25, 0.3) is 0 Å². The lowest BCUT2D eigenvalue weighted by atomic mass is 10.2. The first-order valence-corrected chi connectivity index (χ1v) is 5.34. The van der Waals surface area contributed by atoms with Crippen LogP contribution in [0.15, 0.2) is 12.4 Å². The minimum atomic E-state index is 0.489. The van der Waals surface area contributed by atoms with Gasteiger partial charge < -0.3 is 15.2 Å². The molecule has 4 nitrogen and oxygen atoms in total. The molecule has 0 radical (unpaired) electrons. The van der Waals surface area contributed by atoms with Gasteiger partial charge in [-0.15, -0.1) is 0 Å². The van der Waals surface area contributed by atoms with Crippen LogP contribution in [0.2, 0.25) is 0 Å². The number of nitrogens with zero attached hydrogens (tertiary/aromatic N) is 3. The highest BCUT2D eigenvalue weighted by Crippen LogP contribution is 2.23. The van der Waals surface area contributed by atoms with Gasteiger partial charge in [-0.2, -0.15) is 0 Å². The summed E-state index contributed by atoms with van der Waals surface area (Å²) < 4.78 is 2.17. The number of anilines is 1. The maximum atomic E-state index is 5.74. The summed E-state index contributed by atoms with van der Waals surface area (Å²) in [6.07, 6.45) is 6.33. The molecule has 1 aliphatic rings. The molecule has 1 aromatic rings. The summed E-state index contributed by atoms with van der Waals surface area (Å²) in [4.78, 5) is 6.74. The Morgan fingerprint density at radius 3 is 3.21 bits per heavy atom. The van der Waals surface area contributed by atoms with Crippen LogP contribution in [0.3, 0.4) is 0 Å². The van der Waals surface area contributed by atoms with Crippen molar-refractivity contribution < 1.29 is 0 Å². The molecule has 0 spiro atoms. The van der Waals surface area contributed by atoms with E-state index in [4.69, 9.17) is 5.73 Å². The van der Waals surface area contributed by atoms with Crippen LogP contribution in [0, 0.1) is 0 Å². The minimum absolute atomic E-state index is 0.489. The van der Waals surface area contributed by atoms with Gasteiger partial charge in [0.15, 0.2) is 0 Å². The third-order valence-corrected chi connectivity index (χ3v) is 2.94. The van der Waals surface area contributed by atoms with E-state index in [1.165, 1.54) is 12.8 Å². The molecule has 0 bridgehead atoms. The predicted molar refractivity (Wildman–Crippen MR) is 57.3 cm³/mol. The van der Waals surface area contributed by atoms with Gasteiger partial charge in [-0.3, -0.25) is 0 Å². The molecule has 1 aromatic heterocycles. The zero-order valence-electron chi connectivity index (χ0n) is 8.69. The molecule has 1 unspecified atom stereocenters. The summed E-state index contributed by atoms with van der Waals surface area (Å²) in [7, 11) is 0. The summed E-state index contributed by atoms with van der Waals surface area (Å²) in [5.74, 6) is 1.08. The van der Waals surface area contributed by atoms with Crippen LogP contribution >= 0.6 is 0 Å². The number of hydrogen-bond donors (Lipinski definition) is 1. The molecule has 4 heteroatoms. The summed E-state index contributed by atoms with van der Waals surface area (Å²) >= 11 is 0. The Labute approximate surface area is 84.7 Å². The van der Waals surface area contributed by atoms with Gasteiger partial charge in [0.05, 0.1) is 0 Å². The number of aryl methyl sites for hydroxylation is 1. The monoisotopic (exact) mass is 194 g/mol. The third-order valence-electron chi connectivity index (χ3n) is 2.94. The van der Waals surface area contributed by atoms with E-state index in [1.807, 2.05) is 12.4 Å². The quantitative estimate of drug-likeness (QED) is 0.775. The highest BCUT2D eigenvalue weighted by atomic mass is 15.3. The highest BCUT2D eigenvalue weighted by molar-refractivity contribution is 5.35.